The summed E-state index contributed by atoms with van der Waals surface area (Å²) in [4.78, 5) is 2.36. The van der Waals surface area contributed by atoms with Gasteiger partial charge in [0, 0.05) is 34.3 Å². The Morgan fingerprint density at radius 3 is 1.64 bits per heavy atom. The third kappa shape index (κ3) is 4.31. The van der Waals surface area contributed by atoms with E-state index < -0.39 is 0 Å². The molecule has 1 heterocycles. The highest BCUT2D eigenvalue weighted by molar-refractivity contribution is 5.93. The summed E-state index contributed by atoms with van der Waals surface area (Å²) in [5.74, 6) is 0. The van der Waals surface area contributed by atoms with Gasteiger partial charge in [0.05, 0.1) is 5.52 Å². The van der Waals surface area contributed by atoms with Crippen molar-refractivity contribution in [2.24, 2.45) is 0 Å². The molecule has 0 atom stereocenters. The fourth-order valence-electron chi connectivity index (χ4n) is 6.02. The van der Waals surface area contributed by atoms with E-state index in [9.17, 15) is 0 Å². The van der Waals surface area contributed by atoms with E-state index in [0.717, 1.165) is 22.7 Å². The molecule has 2 heteroatoms. The topological polar surface area (TPSA) is 8.17 Å². The minimum absolute atomic E-state index is 1.12. The van der Waals surface area contributed by atoms with E-state index in [1.807, 2.05) is 0 Å². The molecule has 0 aliphatic heterocycles. The van der Waals surface area contributed by atoms with Crippen LogP contribution in [0.3, 0.4) is 0 Å². The molecular formula is C40H28N2. The van der Waals surface area contributed by atoms with Gasteiger partial charge in [-0.3, -0.25) is 0 Å². The fraction of sp³-hybridized carbons (Fsp3) is 0. The first-order valence-electron chi connectivity index (χ1n) is 14.3. The first-order valence-corrected chi connectivity index (χ1v) is 14.3. The highest BCUT2D eigenvalue weighted by Crippen LogP contribution is 2.39. The number of benzene rings is 7. The van der Waals surface area contributed by atoms with E-state index in [0.29, 0.717) is 0 Å². The third-order valence-corrected chi connectivity index (χ3v) is 8.17. The van der Waals surface area contributed by atoms with E-state index in [1.165, 1.54) is 43.6 Å². The van der Waals surface area contributed by atoms with Gasteiger partial charge in [-0.05, 0) is 99.4 Å². The molecule has 198 valence electrons. The zero-order valence-electron chi connectivity index (χ0n) is 23.1. The predicted octanol–water partition coefficient (Wildman–Crippen LogP) is 11.1. The first-order chi connectivity index (χ1) is 20.8. The van der Waals surface area contributed by atoms with Crippen LogP contribution in [-0.2, 0) is 0 Å². The van der Waals surface area contributed by atoms with Gasteiger partial charge in [-0.2, -0.15) is 0 Å². The van der Waals surface area contributed by atoms with Crippen LogP contribution in [-0.4, -0.2) is 4.57 Å². The average molecular weight is 537 g/mol. The standard InChI is InChI=1S/C40H28N2/c1-2-12-36(13-3-1)41-25-24-35-28-39(22-23-40(35)41)42(38-21-18-30-9-5-7-11-33(30)27-38)37-19-16-31(17-20-37)34-15-14-29-8-4-6-10-32(29)26-34/h1-28H. The van der Waals surface area contributed by atoms with Crippen molar-refractivity contribution in [1.29, 1.82) is 0 Å². The molecule has 8 rings (SSSR count). The molecular weight excluding hydrogens is 508 g/mol. The normalized spacial score (nSPS) is 11.3. The van der Waals surface area contributed by atoms with Gasteiger partial charge >= 0.3 is 0 Å². The van der Waals surface area contributed by atoms with E-state index >= 15 is 0 Å². The van der Waals surface area contributed by atoms with Crippen LogP contribution in [0.1, 0.15) is 0 Å². The van der Waals surface area contributed by atoms with Gasteiger partial charge in [0.25, 0.3) is 0 Å². The van der Waals surface area contributed by atoms with Crippen LogP contribution in [0.4, 0.5) is 17.1 Å². The number of anilines is 3. The summed E-state index contributed by atoms with van der Waals surface area (Å²) >= 11 is 0. The zero-order valence-corrected chi connectivity index (χ0v) is 23.1. The van der Waals surface area contributed by atoms with Crippen LogP contribution in [0, 0.1) is 0 Å². The van der Waals surface area contributed by atoms with Gasteiger partial charge < -0.3 is 9.47 Å². The molecule has 0 amide bonds. The van der Waals surface area contributed by atoms with Crippen LogP contribution in [0.2, 0.25) is 0 Å². The maximum Gasteiger partial charge on any atom is 0.0529 e. The molecule has 0 unspecified atom stereocenters. The Kier molecular flexibility index (Phi) is 5.82. The van der Waals surface area contributed by atoms with Crippen molar-refractivity contribution in [3.63, 3.8) is 0 Å². The second kappa shape index (κ2) is 10.1. The lowest BCUT2D eigenvalue weighted by atomic mass is 10.0. The predicted molar refractivity (Wildman–Crippen MR) is 178 cm³/mol. The summed E-state index contributed by atoms with van der Waals surface area (Å²) in [6.07, 6.45) is 2.16. The lowest BCUT2D eigenvalue weighted by Gasteiger charge is -2.26. The summed E-state index contributed by atoms with van der Waals surface area (Å²) in [6, 6.07) is 58.9. The molecule has 7 aromatic carbocycles. The van der Waals surface area contributed by atoms with Crippen molar-refractivity contribution < 1.29 is 0 Å². The number of fused-ring (bicyclic) bond motifs is 3. The maximum atomic E-state index is 2.36. The lowest BCUT2D eigenvalue weighted by molar-refractivity contribution is 1.13. The van der Waals surface area contributed by atoms with Crippen molar-refractivity contribution >= 4 is 49.5 Å². The second-order valence-corrected chi connectivity index (χ2v) is 10.7. The molecule has 0 aliphatic carbocycles. The monoisotopic (exact) mass is 536 g/mol. The molecule has 0 saturated heterocycles. The minimum atomic E-state index is 1.12. The van der Waals surface area contributed by atoms with Gasteiger partial charge in [-0.1, -0.05) is 97.1 Å². The summed E-state index contributed by atoms with van der Waals surface area (Å²) in [7, 11) is 0. The largest absolute Gasteiger partial charge is 0.317 e. The van der Waals surface area contributed by atoms with Gasteiger partial charge in [0.2, 0.25) is 0 Å². The van der Waals surface area contributed by atoms with Crippen molar-refractivity contribution in [2.45, 2.75) is 0 Å². The quantitative estimate of drug-likeness (QED) is 0.212. The SMILES string of the molecule is c1ccc(-n2ccc3cc(N(c4ccc(-c5ccc6ccccc6c5)cc4)c4ccc5ccccc5c4)ccc32)cc1. The molecule has 0 saturated carbocycles. The summed E-state index contributed by atoms with van der Waals surface area (Å²) in [5.41, 5.74) is 8.17. The number of aromatic nitrogens is 1. The van der Waals surface area contributed by atoms with Gasteiger partial charge in [0.15, 0.2) is 0 Å². The molecule has 0 N–H and O–H groups in total. The zero-order chi connectivity index (χ0) is 27.9. The van der Waals surface area contributed by atoms with Crippen molar-refractivity contribution in [2.75, 3.05) is 4.90 Å². The number of hydrogen-bond acceptors (Lipinski definition) is 1. The van der Waals surface area contributed by atoms with Gasteiger partial charge in [0.1, 0.15) is 0 Å². The van der Waals surface area contributed by atoms with E-state index in [2.05, 4.69) is 179 Å². The van der Waals surface area contributed by atoms with Gasteiger partial charge in [-0.15, -0.1) is 0 Å². The molecule has 1 aromatic heterocycles. The summed E-state index contributed by atoms with van der Waals surface area (Å²) in [5, 5.41) is 6.19. The molecule has 0 spiro atoms. The number of nitrogens with zero attached hydrogens (tertiary/aromatic N) is 2. The minimum Gasteiger partial charge on any atom is -0.317 e. The molecule has 0 fully saturated rings. The van der Waals surface area contributed by atoms with Crippen LogP contribution >= 0.6 is 0 Å². The third-order valence-electron chi connectivity index (χ3n) is 8.17. The molecule has 0 aliphatic rings. The molecule has 2 nitrogen and oxygen atoms in total. The number of hydrogen-bond donors (Lipinski definition) is 0. The van der Waals surface area contributed by atoms with Crippen molar-refractivity contribution in [1.82, 2.24) is 4.57 Å². The summed E-state index contributed by atoms with van der Waals surface area (Å²) < 4.78 is 2.25. The van der Waals surface area contributed by atoms with E-state index in [-0.39, 0.29) is 0 Å². The number of rotatable bonds is 5. The summed E-state index contributed by atoms with van der Waals surface area (Å²) in [6.45, 7) is 0. The number of para-hydroxylation sites is 1. The van der Waals surface area contributed by atoms with Crippen LogP contribution in [0.25, 0.3) is 49.3 Å². The Bertz CT molecular complexity index is 2190. The Morgan fingerprint density at radius 1 is 0.357 bits per heavy atom. The van der Waals surface area contributed by atoms with E-state index in [1.54, 1.807) is 0 Å². The van der Waals surface area contributed by atoms with Crippen LogP contribution < -0.4 is 4.90 Å². The Morgan fingerprint density at radius 2 is 0.905 bits per heavy atom. The fourth-order valence-corrected chi connectivity index (χ4v) is 6.02. The highest BCUT2D eigenvalue weighted by Gasteiger charge is 2.15. The van der Waals surface area contributed by atoms with Gasteiger partial charge in [-0.25, -0.2) is 0 Å². The maximum absolute atomic E-state index is 2.36. The Hall–Kier alpha value is -5.60. The Labute approximate surface area is 245 Å². The molecule has 8 aromatic rings. The van der Waals surface area contributed by atoms with E-state index in [4.69, 9.17) is 0 Å². The Balaban J connectivity index is 1.23. The molecule has 0 bridgehead atoms. The van der Waals surface area contributed by atoms with Crippen molar-refractivity contribution in [3.05, 3.63) is 170 Å². The van der Waals surface area contributed by atoms with Crippen LogP contribution in [0.15, 0.2) is 170 Å². The van der Waals surface area contributed by atoms with Crippen molar-refractivity contribution in [3.8, 4) is 16.8 Å². The highest BCUT2D eigenvalue weighted by atomic mass is 15.1. The average Bonchev–Trinajstić information content (AvgIpc) is 3.49. The molecule has 42 heavy (non-hydrogen) atoms. The van der Waals surface area contributed by atoms with Crippen LogP contribution in [0.5, 0.6) is 0 Å². The lowest BCUT2D eigenvalue weighted by Crippen LogP contribution is -2.10. The first kappa shape index (κ1) is 24.2. The second-order valence-electron chi connectivity index (χ2n) is 10.7. The smallest absolute Gasteiger partial charge is 0.0529 e. The molecule has 0 radical (unpaired) electrons.